The standard InChI is InChI=1S/C24H28ClN3O2/c1-17(2)20-10-7-19(8-11-20)9-12-23(30)26-22-6-4-5-21(25)24(22)28-15-13-27(14-16-28)18(3)29/h4-12,17H,13-16H2,1-3H3,(H,26,30)/b12-9+. The van der Waals surface area contributed by atoms with Crippen molar-refractivity contribution in [3.05, 3.63) is 64.7 Å². The van der Waals surface area contributed by atoms with Gasteiger partial charge in [-0.25, -0.2) is 0 Å². The maximum Gasteiger partial charge on any atom is 0.248 e. The molecule has 2 aromatic rings. The molecule has 0 spiro atoms. The molecule has 5 nitrogen and oxygen atoms in total. The molecule has 0 saturated carbocycles. The van der Waals surface area contributed by atoms with Gasteiger partial charge in [-0.15, -0.1) is 0 Å². The lowest BCUT2D eigenvalue weighted by atomic mass is 10.0. The van der Waals surface area contributed by atoms with Crippen molar-refractivity contribution >= 4 is 40.9 Å². The fourth-order valence-electron chi connectivity index (χ4n) is 3.52. The number of carbonyl (C=O) groups excluding carboxylic acids is 2. The molecule has 0 radical (unpaired) electrons. The highest BCUT2D eigenvalue weighted by atomic mass is 35.5. The number of hydrogen-bond acceptors (Lipinski definition) is 3. The summed E-state index contributed by atoms with van der Waals surface area (Å²) in [5.74, 6) is 0.340. The Balaban J connectivity index is 1.70. The van der Waals surface area contributed by atoms with Crippen LogP contribution in [0.25, 0.3) is 6.08 Å². The summed E-state index contributed by atoms with van der Waals surface area (Å²) < 4.78 is 0. The van der Waals surface area contributed by atoms with Crippen molar-refractivity contribution in [3.63, 3.8) is 0 Å². The van der Waals surface area contributed by atoms with E-state index in [9.17, 15) is 9.59 Å². The Kier molecular flexibility index (Phi) is 7.16. The summed E-state index contributed by atoms with van der Waals surface area (Å²) in [7, 11) is 0. The van der Waals surface area contributed by atoms with Crippen LogP contribution in [0.3, 0.4) is 0 Å². The Morgan fingerprint density at radius 1 is 1.03 bits per heavy atom. The largest absolute Gasteiger partial charge is 0.365 e. The lowest BCUT2D eigenvalue weighted by molar-refractivity contribution is -0.129. The van der Waals surface area contributed by atoms with Gasteiger partial charge in [-0.2, -0.15) is 0 Å². The van der Waals surface area contributed by atoms with E-state index in [2.05, 4.69) is 36.2 Å². The van der Waals surface area contributed by atoms with Gasteiger partial charge in [0.1, 0.15) is 0 Å². The molecule has 1 saturated heterocycles. The van der Waals surface area contributed by atoms with Gasteiger partial charge in [-0.3, -0.25) is 9.59 Å². The summed E-state index contributed by atoms with van der Waals surface area (Å²) in [6.45, 7) is 8.51. The van der Waals surface area contributed by atoms with Crippen molar-refractivity contribution in [1.82, 2.24) is 4.90 Å². The van der Waals surface area contributed by atoms with Crippen LogP contribution in [0.1, 0.15) is 37.8 Å². The molecule has 1 fully saturated rings. The minimum atomic E-state index is -0.214. The average Bonchev–Trinajstić information content (AvgIpc) is 2.73. The van der Waals surface area contributed by atoms with E-state index in [1.165, 1.54) is 11.6 Å². The maximum atomic E-state index is 12.5. The normalized spacial score (nSPS) is 14.4. The molecule has 1 N–H and O–H groups in total. The van der Waals surface area contributed by atoms with Gasteiger partial charge in [-0.1, -0.05) is 55.8 Å². The zero-order valence-electron chi connectivity index (χ0n) is 17.7. The topological polar surface area (TPSA) is 52.7 Å². The van der Waals surface area contributed by atoms with Gasteiger partial charge in [0.05, 0.1) is 16.4 Å². The second-order valence-corrected chi connectivity index (χ2v) is 8.18. The summed E-state index contributed by atoms with van der Waals surface area (Å²) in [5, 5.41) is 3.53. The third-order valence-electron chi connectivity index (χ3n) is 5.32. The molecule has 1 aliphatic rings. The van der Waals surface area contributed by atoms with Crippen LogP contribution >= 0.6 is 11.6 Å². The van der Waals surface area contributed by atoms with Crippen molar-refractivity contribution in [1.29, 1.82) is 0 Å². The van der Waals surface area contributed by atoms with Gasteiger partial charge in [0.15, 0.2) is 0 Å². The van der Waals surface area contributed by atoms with E-state index in [1.54, 1.807) is 13.0 Å². The molecular formula is C24H28ClN3O2. The van der Waals surface area contributed by atoms with Gasteiger partial charge in [-0.05, 0) is 35.3 Å². The molecular weight excluding hydrogens is 398 g/mol. The van der Waals surface area contributed by atoms with Crippen LogP contribution in [0.5, 0.6) is 0 Å². The minimum absolute atomic E-state index is 0.0777. The number of amides is 2. The summed E-state index contributed by atoms with van der Waals surface area (Å²) in [6, 6.07) is 13.7. The van der Waals surface area contributed by atoms with E-state index >= 15 is 0 Å². The molecule has 1 aliphatic heterocycles. The second-order valence-electron chi connectivity index (χ2n) is 7.77. The highest BCUT2D eigenvalue weighted by molar-refractivity contribution is 6.34. The number of halogens is 1. The van der Waals surface area contributed by atoms with Gasteiger partial charge >= 0.3 is 0 Å². The van der Waals surface area contributed by atoms with Crippen molar-refractivity contribution in [2.45, 2.75) is 26.7 Å². The summed E-state index contributed by atoms with van der Waals surface area (Å²) in [6.07, 6.45) is 3.33. The molecule has 1 heterocycles. The molecule has 0 unspecified atom stereocenters. The number of carbonyl (C=O) groups is 2. The number of piperazine rings is 1. The SMILES string of the molecule is CC(=O)N1CCN(c2c(Cl)cccc2NC(=O)/C=C/c2ccc(C(C)C)cc2)CC1. The highest BCUT2D eigenvalue weighted by Crippen LogP contribution is 2.34. The number of rotatable bonds is 5. The van der Waals surface area contributed by atoms with Crippen LogP contribution < -0.4 is 10.2 Å². The second kappa shape index (κ2) is 9.81. The Bertz CT molecular complexity index is 930. The first kappa shape index (κ1) is 21.9. The van der Waals surface area contributed by atoms with Gasteiger partial charge in [0, 0.05) is 39.2 Å². The van der Waals surface area contributed by atoms with Gasteiger partial charge in [0.25, 0.3) is 0 Å². The Labute approximate surface area is 183 Å². The van der Waals surface area contributed by atoms with E-state index in [0.717, 1.165) is 11.3 Å². The predicted octanol–water partition coefficient (Wildman–Crippen LogP) is 4.78. The summed E-state index contributed by atoms with van der Waals surface area (Å²) >= 11 is 6.47. The van der Waals surface area contributed by atoms with E-state index in [-0.39, 0.29) is 11.8 Å². The molecule has 6 heteroatoms. The Morgan fingerprint density at radius 2 is 1.70 bits per heavy atom. The van der Waals surface area contributed by atoms with Crippen molar-refractivity contribution in [2.24, 2.45) is 0 Å². The lowest BCUT2D eigenvalue weighted by Crippen LogP contribution is -2.48. The van der Waals surface area contributed by atoms with Crippen molar-refractivity contribution in [3.8, 4) is 0 Å². The van der Waals surface area contributed by atoms with E-state index in [1.807, 2.05) is 35.2 Å². The average molecular weight is 426 g/mol. The molecule has 0 atom stereocenters. The highest BCUT2D eigenvalue weighted by Gasteiger charge is 2.22. The van der Waals surface area contributed by atoms with E-state index in [0.29, 0.717) is 42.8 Å². The third-order valence-corrected chi connectivity index (χ3v) is 5.62. The molecule has 0 aromatic heterocycles. The fraction of sp³-hybridized carbons (Fsp3) is 0.333. The van der Waals surface area contributed by atoms with Crippen LogP contribution in [0, 0.1) is 0 Å². The van der Waals surface area contributed by atoms with Gasteiger partial charge in [0.2, 0.25) is 11.8 Å². The first-order chi connectivity index (χ1) is 14.3. The van der Waals surface area contributed by atoms with Gasteiger partial charge < -0.3 is 15.1 Å². The molecule has 30 heavy (non-hydrogen) atoms. The van der Waals surface area contributed by atoms with Crippen LogP contribution in [0.2, 0.25) is 5.02 Å². The van der Waals surface area contributed by atoms with Crippen LogP contribution in [0.4, 0.5) is 11.4 Å². The van der Waals surface area contributed by atoms with Crippen LogP contribution in [-0.2, 0) is 9.59 Å². The number of nitrogens with one attached hydrogen (secondary N) is 1. The predicted molar refractivity (Wildman–Crippen MR) is 124 cm³/mol. The number of para-hydroxylation sites is 1. The van der Waals surface area contributed by atoms with Crippen molar-refractivity contribution in [2.75, 3.05) is 36.4 Å². The summed E-state index contributed by atoms with van der Waals surface area (Å²) in [5.41, 5.74) is 3.71. The Hall–Kier alpha value is -2.79. The fourth-order valence-corrected chi connectivity index (χ4v) is 3.81. The van der Waals surface area contributed by atoms with E-state index in [4.69, 9.17) is 11.6 Å². The quantitative estimate of drug-likeness (QED) is 0.701. The Morgan fingerprint density at radius 3 is 2.30 bits per heavy atom. The lowest BCUT2D eigenvalue weighted by Gasteiger charge is -2.36. The third kappa shape index (κ3) is 5.42. The first-order valence-electron chi connectivity index (χ1n) is 10.2. The molecule has 2 aromatic carbocycles. The zero-order valence-corrected chi connectivity index (χ0v) is 18.4. The number of nitrogens with zero attached hydrogens (tertiary/aromatic N) is 2. The van der Waals surface area contributed by atoms with Crippen LogP contribution in [0.15, 0.2) is 48.5 Å². The molecule has 158 valence electrons. The smallest absolute Gasteiger partial charge is 0.248 e. The molecule has 0 bridgehead atoms. The van der Waals surface area contributed by atoms with Crippen molar-refractivity contribution < 1.29 is 9.59 Å². The first-order valence-corrected chi connectivity index (χ1v) is 10.6. The van der Waals surface area contributed by atoms with Crippen LogP contribution in [-0.4, -0.2) is 42.9 Å². The summed E-state index contributed by atoms with van der Waals surface area (Å²) in [4.78, 5) is 28.1. The molecule has 3 rings (SSSR count). The molecule has 2 amide bonds. The monoisotopic (exact) mass is 425 g/mol. The number of benzene rings is 2. The number of anilines is 2. The zero-order chi connectivity index (χ0) is 21.7. The van der Waals surface area contributed by atoms with E-state index < -0.39 is 0 Å². The molecule has 0 aliphatic carbocycles. The maximum absolute atomic E-state index is 12.5. The minimum Gasteiger partial charge on any atom is -0.365 e. The number of hydrogen-bond donors (Lipinski definition) is 1.